The van der Waals surface area contributed by atoms with Crippen molar-refractivity contribution >= 4 is 44.5 Å². The standard InChI is InChI=1S/C21H22Cl2FN5O2S/c1-20(2)19(25)29-21(3,16-6-7-27-32(16,20)31)18-14(24)5-4-12(28-18)9-15(30)17-13(23)8-11(22)10-26-17/h4-5,8,10,16H,6-7,9H2,1-3H3,(H2,25,29)/t16-,21-,32+/m0/s1. The fraction of sp³-hybridized carbons (Fsp3) is 0.429. The van der Waals surface area contributed by atoms with Crippen molar-refractivity contribution in [3.05, 3.63) is 57.3 Å². The van der Waals surface area contributed by atoms with Crippen LogP contribution < -0.4 is 5.73 Å². The monoisotopic (exact) mass is 497 g/mol. The number of amidine groups is 1. The molecule has 2 aliphatic rings. The van der Waals surface area contributed by atoms with Crippen molar-refractivity contribution in [2.24, 2.45) is 15.1 Å². The van der Waals surface area contributed by atoms with E-state index in [4.69, 9.17) is 28.9 Å². The number of aliphatic imine (C=N–C) groups is 1. The minimum absolute atomic E-state index is 0.00811. The molecule has 0 bridgehead atoms. The van der Waals surface area contributed by atoms with E-state index in [2.05, 4.69) is 19.3 Å². The Morgan fingerprint density at radius 1 is 1.31 bits per heavy atom. The van der Waals surface area contributed by atoms with Gasteiger partial charge < -0.3 is 5.73 Å². The number of halogens is 3. The van der Waals surface area contributed by atoms with E-state index in [0.29, 0.717) is 23.7 Å². The second-order valence-corrected chi connectivity index (χ2v) is 12.4. The van der Waals surface area contributed by atoms with Crippen LogP contribution in [0.25, 0.3) is 0 Å². The summed E-state index contributed by atoms with van der Waals surface area (Å²) in [6, 6.07) is 4.07. The van der Waals surface area contributed by atoms with Gasteiger partial charge in [-0.25, -0.2) is 17.9 Å². The summed E-state index contributed by atoms with van der Waals surface area (Å²) in [6.45, 7) is 5.55. The first kappa shape index (κ1) is 23.1. The summed E-state index contributed by atoms with van der Waals surface area (Å²) in [6.07, 6.45) is 1.64. The van der Waals surface area contributed by atoms with Crippen LogP contribution in [0.4, 0.5) is 4.39 Å². The Kier molecular flexibility index (Phi) is 5.58. The molecule has 2 N–H and O–H groups in total. The summed E-state index contributed by atoms with van der Waals surface area (Å²) in [5, 5.41) is -0.128. The highest BCUT2D eigenvalue weighted by Gasteiger charge is 2.57. The van der Waals surface area contributed by atoms with Crippen LogP contribution in [0.3, 0.4) is 0 Å². The van der Waals surface area contributed by atoms with E-state index in [1.807, 2.05) is 0 Å². The summed E-state index contributed by atoms with van der Waals surface area (Å²) in [4.78, 5) is 25.8. The van der Waals surface area contributed by atoms with Crippen LogP contribution in [-0.2, 0) is 21.7 Å². The average Bonchev–Trinajstić information content (AvgIpc) is 3.13. The van der Waals surface area contributed by atoms with Gasteiger partial charge in [-0.05, 0) is 45.4 Å². The normalized spacial score (nSPS) is 28.6. The average molecular weight is 498 g/mol. The fourth-order valence-corrected chi connectivity index (χ4v) is 7.91. The number of rotatable bonds is 4. The number of hydrogen-bond donors (Lipinski definition) is 1. The molecule has 3 atom stereocenters. The van der Waals surface area contributed by atoms with Gasteiger partial charge in [0.2, 0.25) is 0 Å². The molecular weight excluding hydrogens is 476 g/mol. The predicted octanol–water partition coefficient (Wildman–Crippen LogP) is 3.95. The topological polar surface area (TPSA) is 111 Å². The molecule has 11 heteroatoms. The lowest BCUT2D eigenvalue weighted by Gasteiger charge is -2.44. The quantitative estimate of drug-likeness (QED) is 0.642. The second-order valence-electron chi connectivity index (χ2n) is 8.57. The SMILES string of the molecule is CC1(C)C(N)=N[C@](C)(c2nc(CC(=O)c3ncc(Cl)cc3Cl)ccc2F)[C@@H]2CCN=[S@@]21=O. The smallest absolute Gasteiger partial charge is 0.188 e. The Morgan fingerprint density at radius 2 is 2.03 bits per heavy atom. The van der Waals surface area contributed by atoms with E-state index in [9.17, 15) is 9.00 Å². The highest BCUT2D eigenvalue weighted by Crippen LogP contribution is 2.47. The molecule has 2 aliphatic heterocycles. The van der Waals surface area contributed by atoms with Gasteiger partial charge in [-0.2, -0.15) is 0 Å². The van der Waals surface area contributed by atoms with Crippen molar-refractivity contribution in [1.82, 2.24) is 9.97 Å². The van der Waals surface area contributed by atoms with Crippen molar-refractivity contribution in [3.63, 3.8) is 0 Å². The van der Waals surface area contributed by atoms with E-state index in [1.54, 1.807) is 20.8 Å². The van der Waals surface area contributed by atoms with Crippen LogP contribution in [0.15, 0.2) is 33.8 Å². The fourth-order valence-electron chi connectivity index (χ4n) is 4.28. The second kappa shape index (κ2) is 7.74. The molecule has 0 spiro atoms. The molecule has 170 valence electrons. The molecule has 0 fully saturated rings. The Morgan fingerprint density at radius 3 is 2.72 bits per heavy atom. The highest BCUT2D eigenvalue weighted by atomic mass is 35.5. The van der Waals surface area contributed by atoms with Crippen LogP contribution in [0.5, 0.6) is 0 Å². The number of fused-ring (bicyclic) bond motifs is 1. The van der Waals surface area contributed by atoms with Crippen molar-refractivity contribution in [3.8, 4) is 0 Å². The molecule has 0 unspecified atom stereocenters. The third-order valence-electron chi connectivity index (χ3n) is 6.18. The van der Waals surface area contributed by atoms with E-state index < -0.39 is 36.9 Å². The first-order valence-corrected chi connectivity index (χ1v) is 12.3. The zero-order chi connectivity index (χ0) is 23.5. The van der Waals surface area contributed by atoms with Gasteiger partial charge in [-0.1, -0.05) is 23.2 Å². The lowest BCUT2D eigenvalue weighted by atomic mass is 9.89. The third kappa shape index (κ3) is 3.41. The van der Waals surface area contributed by atoms with Crippen LogP contribution in [-0.4, -0.2) is 42.3 Å². The number of aromatic nitrogens is 2. The number of nitrogens with two attached hydrogens (primary N) is 1. The maximum absolute atomic E-state index is 15.0. The molecule has 0 radical (unpaired) electrons. The summed E-state index contributed by atoms with van der Waals surface area (Å²) >= 11 is 11.9. The zero-order valence-corrected chi connectivity index (χ0v) is 20.1. The van der Waals surface area contributed by atoms with Gasteiger partial charge in [0.15, 0.2) is 5.78 Å². The zero-order valence-electron chi connectivity index (χ0n) is 17.7. The molecule has 0 saturated heterocycles. The molecule has 0 amide bonds. The number of carbonyl (C=O) groups excluding carboxylic acids is 1. The molecule has 2 aromatic heterocycles. The Balaban J connectivity index is 1.76. The predicted molar refractivity (Wildman–Crippen MR) is 123 cm³/mol. The molecule has 7 nitrogen and oxygen atoms in total. The van der Waals surface area contributed by atoms with Gasteiger partial charge in [0.25, 0.3) is 0 Å². The lowest BCUT2D eigenvalue weighted by Crippen LogP contribution is -2.58. The first-order valence-electron chi connectivity index (χ1n) is 9.97. The van der Waals surface area contributed by atoms with Crippen molar-refractivity contribution in [2.75, 3.05) is 6.54 Å². The summed E-state index contributed by atoms with van der Waals surface area (Å²) in [5.41, 5.74) is 5.28. The van der Waals surface area contributed by atoms with Gasteiger partial charge in [0.05, 0.1) is 31.4 Å². The number of hydrogen-bond acceptors (Lipinski definition) is 7. The molecule has 0 saturated carbocycles. The minimum atomic E-state index is -2.83. The molecular formula is C21H22Cl2FN5O2S. The Hall–Kier alpha value is -2.10. The maximum atomic E-state index is 15.0. The molecule has 0 aromatic carbocycles. The van der Waals surface area contributed by atoms with Gasteiger partial charge in [0.1, 0.15) is 33.3 Å². The van der Waals surface area contributed by atoms with Crippen molar-refractivity contribution < 1.29 is 13.4 Å². The van der Waals surface area contributed by atoms with Crippen LogP contribution in [0, 0.1) is 5.82 Å². The number of nitrogens with zero attached hydrogens (tertiary/aromatic N) is 4. The van der Waals surface area contributed by atoms with E-state index in [1.165, 1.54) is 24.4 Å². The Bertz CT molecular complexity index is 1290. The highest BCUT2D eigenvalue weighted by molar-refractivity contribution is 7.96. The van der Waals surface area contributed by atoms with Gasteiger partial charge in [-0.15, -0.1) is 0 Å². The summed E-state index contributed by atoms with van der Waals surface area (Å²) in [5.74, 6) is -0.864. The summed E-state index contributed by atoms with van der Waals surface area (Å²) in [7, 11) is -2.83. The molecule has 4 rings (SSSR count). The van der Waals surface area contributed by atoms with Gasteiger partial charge in [0, 0.05) is 18.4 Å². The largest absolute Gasteiger partial charge is 0.386 e. The van der Waals surface area contributed by atoms with Crippen LogP contribution in [0.2, 0.25) is 10.0 Å². The lowest BCUT2D eigenvalue weighted by molar-refractivity contribution is 0.0987. The Labute approximate surface area is 195 Å². The number of carbonyl (C=O) groups is 1. The molecule has 0 aliphatic carbocycles. The van der Waals surface area contributed by atoms with Crippen molar-refractivity contribution in [1.29, 1.82) is 0 Å². The first-order chi connectivity index (χ1) is 14.9. The molecule has 4 heterocycles. The third-order valence-corrected chi connectivity index (χ3v) is 10.4. The van der Waals surface area contributed by atoms with Crippen LogP contribution >= 0.6 is 23.2 Å². The minimum Gasteiger partial charge on any atom is -0.386 e. The van der Waals surface area contributed by atoms with E-state index in [-0.39, 0.29) is 28.7 Å². The molecule has 2 aromatic rings. The van der Waals surface area contributed by atoms with Crippen molar-refractivity contribution in [2.45, 2.75) is 49.1 Å². The number of pyridine rings is 2. The van der Waals surface area contributed by atoms with E-state index >= 15 is 4.39 Å². The number of Topliss-reactive ketones (excluding diaryl/α,β-unsaturated/α-hetero) is 1. The molecule has 32 heavy (non-hydrogen) atoms. The number of ketones is 1. The van der Waals surface area contributed by atoms with Crippen LogP contribution in [0.1, 0.15) is 49.1 Å². The maximum Gasteiger partial charge on any atom is 0.188 e. The van der Waals surface area contributed by atoms with Gasteiger partial charge >= 0.3 is 0 Å². The summed E-state index contributed by atoms with van der Waals surface area (Å²) < 4.78 is 32.4. The van der Waals surface area contributed by atoms with Gasteiger partial charge in [-0.3, -0.25) is 14.8 Å². The van der Waals surface area contributed by atoms with E-state index in [0.717, 1.165) is 0 Å².